The van der Waals surface area contributed by atoms with Crippen molar-refractivity contribution in [2.24, 2.45) is 13.0 Å². The maximum absolute atomic E-state index is 5.99. The predicted molar refractivity (Wildman–Crippen MR) is 83.8 cm³/mol. The molecule has 120 valence electrons. The Morgan fingerprint density at radius 2 is 2.36 bits per heavy atom. The first-order valence-electron chi connectivity index (χ1n) is 7.58. The minimum Gasteiger partial charge on any atom is -0.372 e. The van der Waals surface area contributed by atoms with E-state index in [4.69, 9.17) is 4.74 Å². The summed E-state index contributed by atoms with van der Waals surface area (Å²) in [4.78, 5) is 6.25. The Morgan fingerprint density at radius 3 is 3.05 bits per heavy atom. The maximum atomic E-state index is 5.99. The van der Waals surface area contributed by atoms with Gasteiger partial charge in [0.25, 0.3) is 0 Å². The van der Waals surface area contributed by atoms with Crippen LogP contribution in [0.5, 0.6) is 0 Å². The second kappa shape index (κ2) is 6.35. The van der Waals surface area contributed by atoms with Gasteiger partial charge < -0.3 is 15.0 Å². The molecule has 1 fully saturated rings. The SMILES string of the molecule is CN(C)c1n[nH]c(NC[C@@H]2CCCO[C@H]2c2ccnn2C)n1. The number of nitrogens with one attached hydrogen (secondary N) is 2. The molecular formula is C14H23N7O. The van der Waals surface area contributed by atoms with E-state index in [0.29, 0.717) is 17.8 Å². The van der Waals surface area contributed by atoms with E-state index in [1.54, 1.807) is 0 Å². The van der Waals surface area contributed by atoms with Crippen molar-refractivity contribution < 1.29 is 4.74 Å². The first-order valence-corrected chi connectivity index (χ1v) is 7.58. The lowest BCUT2D eigenvalue weighted by Crippen LogP contribution is -2.29. The molecule has 1 saturated heterocycles. The third-order valence-electron chi connectivity index (χ3n) is 4.00. The van der Waals surface area contributed by atoms with Crippen LogP contribution in [0.25, 0.3) is 0 Å². The monoisotopic (exact) mass is 305 g/mol. The number of nitrogens with zero attached hydrogens (tertiary/aromatic N) is 5. The lowest BCUT2D eigenvalue weighted by molar-refractivity contribution is -0.0284. The molecule has 2 atom stereocenters. The number of aromatic nitrogens is 5. The van der Waals surface area contributed by atoms with E-state index in [9.17, 15) is 0 Å². The molecule has 0 spiro atoms. The van der Waals surface area contributed by atoms with Gasteiger partial charge in [-0.05, 0) is 18.9 Å². The molecule has 0 amide bonds. The highest BCUT2D eigenvalue weighted by Crippen LogP contribution is 2.33. The van der Waals surface area contributed by atoms with Crippen molar-refractivity contribution in [3.63, 3.8) is 0 Å². The molecule has 22 heavy (non-hydrogen) atoms. The summed E-state index contributed by atoms with van der Waals surface area (Å²) in [7, 11) is 5.79. The Bertz CT molecular complexity index is 606. The van der Waals surface area contributed by atoms with Gasteiger partial charge in [0.1, 0.15) is 6.10 Å². The van der Waals surface area contributed by atoms with Crippen LogP contribution in [0.15, 0.2) is 12.3 Å². The van der Waals surface area contributed by atoms with Crippen molar-refractivity contribution in [2.75, 3.05) is 37.5 Å². The van der Waals surface area contributed by atoms with Gasteiger partial charge in [0.2, 0.25) is 11.9 Å². The van der Waals surface area contributed by atoms with Gasteiger partial charge in [0.05, 0.1) is 5.69 Å². The second-order valence-electron chi connectivity index (χ2n) is 5.83. The summed E-state index contributed by atoms with van der Waals surface area (Å²) in [6.07, 6.45) is 4.10. The Balaban J connectivity index is 1.65. The molecule has 2 aromatic rings. The van der Waals surface area contributed by atoms with Crippen molar-refractivity contribution in [1.29, 1.82) is 0 Å². The molecule has 8 heteroatoms. The predicted octanol–water partition coefficient (Wildman–Crippen LogP) is 1.18. The number of ether oxygens (including phenoxy) is 1. The van der Waals surface area contributed by atoms with E-state index in [-0.39, 0.29) is 6.10 Å². The second-order valence-corrected chi connectivity index (χ2v) is 5.83. The van der Waals surface area contributed by atoms with Gasteiger partial charge >= 0.3 is 0 Å². The van der Waals surface area contributed by atoms with E-state index in [0.717, 1.165) is 31.7 Å². The number of rotatable bonds is 5. The molecule has 2 aromatic heterocycles. The van der Waals surface area contributed by atoms with Crippen LogP contribution in [-0.2, 0) is 11.8 Å². The minimum atomic E-state index is 0.0741. The number of hydrogen-bond acceptors (Lipinski definition) is 6. The highest BCUT2D eigenvalue weighted by Gasteiger charge is 2.29. The molecular weight excluding hydrogens is 282 g/mol. The van der Waals surface area contributed by atoms with E-state index in [1.165, 1.54) is 0 Å². The number of anilines is 2. The van der Waals surface area contributed by atoms with Gasteiger partial charge in [0.15, 0.2) is 0 Å². The van der Waals surface area contributed by atoms with Crippen LogP contribution in [0.3, 0.4) is 0 Å². The van der Waals surface area contributed by atoms with Crippen molar-refractivity contribution in [3.05, 3.63) is 18.0 Å². The normalized spacial score (nSPS) is 21.8. The zero-order valence-electron chi connectivity index (χ0n) is 13.3. The van der Waals surface area contributed by atoms with E-state index in [1.807, 2.05) is 43.0 Å². The smallest absolute Gasteiger partial charge is 0.245 e. The molecule has 0 saturated carbocycles. The third kappa shape index (κ3) is 3.06. The van der Waals surface area contributed by atoms with E-state index < -0.39 is 0 Å². The first-order chi connectivity index (χ1) is 10.6. The molecule has 0 aliphatic carbocycles. The van der Waals surface area contributed by atoms with Crippen LogP contribution in [-0.4, -0.2) is 52.2 Å². The lowest BCUT2D eigenvalue weighted by Gasteiger charge is -2.31. The molecule has 1 aliphatic rings. The topological polar surface area (TPSA) is 83.9 Å². The van der Waals surface area contributed by atoms with Crippen LogP contribution < -0.4 is 10.2 Å². The number of H-pyrrole nitrogens is 1. The van der Waals surface area contributed by atoms with Gasteiger partial charge in [-0.25, -0.2) is 5.10 Å². The summed E-state index contributed by atoms with van der Waals surface area (Å²) in [5.41, 5.74) is 1.12. The molecule has 2 N–H and O–H groups in total. The molecule has 3 rings (SSSR count). The summed E-state index contributed by atoms with van der Waals surface area (Å²) >= 11 is 0. The van der Waals surface area contributed by atoms with Gasteiger partial charge in [-0.3, -0.25) is 4.68 Å². The summed E-state index contributed by atoms with van der Waals surface area (Å²) in [6.45, 7) is 1.59. The average molecular weight is 305 g/mol. The summed E-state index contributed by atoms with van der Waals surface area (Å²) in [5, 5.41) is 14.6. The molecule has 0 unspecified atom stereocenters. The molecule has 0 radical (unpaired) electrons. The molecule has 1 aliphatic heterocycles. The fraction of sp³-hybridized carbons (Fsp3) is 0.643. The lowest BCUT2D eigenvalue weighted by atomic mass is 9.92. The van der Waals surface area contributed by atoms with Crippen molar-refractivity contribution in [2.45, 2.75) is 18.9 Å². The highest BCUT2D eigenvalue weighted by molar-refractivity contribution is 5.34. The highest BCUT2D eigenvalue weighted by atomic mass is 16.5. The molecule has 8 nitrogen and oxygen atoms in total. The average Bonchev–Trinajstić information content (AvgIpc) is 3.14. The van der Waals surface area contributed by atoms with Crippen LogP contribution in [0, 0.1) is 5.92 Å². The van der Waals surface area contributed by atoms with E-state index >= 15 is 0 Å². The largest absolute Gasteiger partial charge is 0.372 e. The van der Waals surface area contributed by atoms with Crippen LogP contribution in [0.1, 0.15) is 24.6 Å². The zero-order valence-corrected chi connectivity index (χ0v) is 13.3. The maximum Gasteiger partial charge on any atom is 0.245 e. The van der Waals surface area contributed by atoms with Crippen molar-refractivity contribution in [1.82, 2.24) is 25.0 Å². The van der Waals surface area contributed by atoms with Crippen LogP contribution >= 0.6 is 0 Å². The zero-order chi connectivity index (χ0) is 15.5. The van der Waals surface area contributed by atoms with Crippen LogP contribution in [0.2, 0.25) is 0 Å². The van der Waals surface area contributed by atoms with Gasteiger partial charge in [-0.2, -0.15) is 10.1 Å². The van der Waals surface area contributed by atoms with Crippen LogP contribution in [0.4, 0.5) is 11.9 Å². The molecule has 0 aromatic carbocycles. The minimum absolute atomic E-state index is 0.0741. The number of aryl methyl sites for hydroxylation is 1. The summed E-state index contributed by atoms with van der Waals surface area (Å²) < 4.78 is 7.88. The molecule has 0 bridgehead atoms. The number of aromatic amines is 1. The Labute approximate surface area is 129 Å². The fourth-order valence-corrected chi connectivity index (χ4v) is 2.80. The Morgan fingerprint density at radius 1 is 1.50 bits per heavy atom. The van der Waals surface area contributed by atoms with Crippen molar-refractivity contribution >= 4 is 11.9 Å². The quantitative estimate of drug-likeness (QED) is 0.863. The summed E-state index contributed by atoms with van der Waals surface area (Å²) in [5.74, 6) is 1.75. The van der Waals surface area contributed by atoms with Gasteiger partial charge in [-0.1, -0.05) is 0 Å². The third-order valence-corrected chi connectivity index (χ3v) is 4.00. The van der Waals surface area contributed by atoms with E-state index in [2.05, 4.69) is 25.6 Å². The standard InChI is InChI=1S/C14H23N7O/c1-20(2)14-17-13(18-19-14)15-9-10-5-4-8-22-12(10)11-6-7-16-21(11)3/h6-7,10,12H,4-5,8-9H2,1-3H3,(H2,15,17,18,19)/t10-,12+/m0/s1. The van der Waals surface area contributed by atoms with Gasteiger partial charge in [-0.15, -0.1) is 5.10 Å². The Kier molecular flexibility index (Phi) is 4.28. The first kappa shape index (κ1) is 14.8. The van der Waals surface area contributed by atoms with Crippen molar-refractivity contribution in [3.8, 4) is 0 Å². The summed E-state index contributed by atoms with van der Waals surface area (Å²) in [6, 6.07) is 2.03. The Hall–Kier alpha value is -2.09. The fourth-order valence-electron chi connectivity index (χ4n) is 2.80. The van der Waals surface area contributed by atoms with Gasteiger partial charge in [0, 0.05) is 46.4 Å². The number of hydrogen-bond donors (Lipinski definition) is 2. The molecule has 3 heterocycles.